The number of rotatable bonds is 6. The molecule has 1 aliphatic carbocycles. The van der Waals surface area contributed by atoms with Gasteiger partial charge in [-0.15, -0.1) is 0 Å². The topological polar surface area (TPSA) is 73.5 Å². The summed E-state index contributed by atoms with van der Waals surface area (Å²) >= 11 is 0. The number of hydrogen-bond acceptors (Lipinski definition) is 3. The molecule has 1 atom stereocenters. The fourth-order valence-electron chi connectivity index (χ4n) is 5.02. The van der Waals surface area contributed by atoms with Crippen LogP contribution >= 0.6 is 0 Å². The minimum Gasteiger partial charge on any atom is -0.371 e. The fourth-order valence-corrected chi connectivity index (χ4v) is 5.02. The number of carbonyl (C=O) groups excluding carboxylic acids is 2. The van der Waals surface area contributed by atoms with Gasteiger partial charge in [0, 0.05) is 30.5 Å². The lowest BCUT2D eigenvalue weighted by atomic mass is 9.96. The van der Waals surface area contributed by atoms with Crippen molar-refractivity contribution in [3.05, 3.63) is 59.7 Å². The molecule has 0 aromatic heterocycles. The van der Waals surface area contributed by atoms with Gasteiger partial charge in [-0.25, -0.2) is 4.79 Å². The highest BCUT2D eigenvalue weighted by Crippen LogP contribution is 2.29. The largest absolute Gasteiger partial charge is 0.371 e. The number of amides is 3. The molecule has 0 radical (unpaired) electrons. The highest BCUT2D eigenvalue weighted by Gasteiger charge is 2.23. The van der Waals surface area contributed by atoms with Crippen LogP contribution in [0.15, 0.2) is 48.5 Å². The van der Waals surface area contributed by atoms with E-state index in [1.807, 2.05) is 55.5 Å². The Morgan fingerprint density at radius 1 is 0.941 bits per heavy atom. The van der Waals surface area contributed by atoms with Gasteiger partial charge in [0.2, 0.25) is 0 Å². The molecule has 2 aromatic rings. The van der Waals surface area contributed by atoms with Gasteiger partial charge < -0.3 is 20.9 Å². The predicted octanol–water partition coefficient (Wildman–Crippen LogP) is 5.87. The molecule has 4 rings (SSSR count). The van der Waals surface area contributed by atoms with Crippen LogP contribution in [0, 0.1) is 5.92 Å². The normalized spacial score (nSPS) is 18.2. The van der Waals surface area contributed by atoms with Crippen LogP contribution in [0.2, 0.25) is 0 Å². The molecule has 182 valence electrons. The molecule has 3 N–H and O–H groups in total. The lowest BCUT2D eigenvalue weighted by Crippen LogP contribution is -2.39. The number of hydrogen-bond donors (Lipinski definition) is 3. The second-order valence-electron chi connectivity index (χ2n) is 9.94. The quantitative estimate of drug-likeness (QED) is 0.503. The molecule has 1 aliphatic heterocycles. The van der Waals surface area contributed by atoms with Crippen molar-refractivity contribution in [2.45, 2.75) is 70.9 Å². The predicted molar refractivity (Wildman–Crippen MR) is 138 cm³/mol. The summed E-state index contributed by atoms with van der Waals surface area (Å²) in [6, 6.07) is 15.6. The molecule has 1 saturated carbocycles. The van der Waals surface area contributed by atoms with E-state index < -0.39 is 0 Å². The Hall–Kier alpha value is -3.02. The molecule has 0 bridgehead atoms. The summed E-state index contributed by atoms with van der Waals surface area (Å²) in [5.74, 6) is 0.581. The van der Waals surface area contributed by atoms with Gasteiger partial charge in [0.1, 0.15) is 0 Å². The Bertz CT molecular complexity index is 964. The van der Waals surface area contributed by atoms with Crippen molar-refractivity contribution >= 4 is 23.3 Å². The maximum Gasteiger partial charge on any atom is 0.319 e. The number of urea groups is 1. The van der Waals surface area contributed by atoms with Crippen molar-refractivity contribution in [2.24, 2.45) is 5.92 Å². The zero-order valence-electron chi connectivity index (χ0n) is 20.5. The Morgan fingerprint density at radius 3 is 2.35 bits per heavy atom. The molecule has 1 saturated heterocycles. The van der Waals surface area contributed by atoms with Crippen molar-refractivity contribution < 1.29 is 9.59 Å². The molecule has 0 spiro atoms. The zero-order chi connectivity index (χ0) is 23.9. The lowest BCUT2D eigenvalue weighted by Gasteiger charge is -2.33. The molecule has 1 heterocycles. The number of anilines is 2. The van der Waals surface area contributed by atoms with Gasteiger partial charge in [-0.2, -0.15) is 0 Å². The first-order valence-corrected chi connectivity index (χ1v) is 12.8. The minimum absolute atomic E-state index is 0.117. The van der Waals surface area contributed by atoms with E-state index in [1.165, 1.54) is 6.42 Å². The van der Waals surface area contributed by atoms with Crippen LogP contribution in [0.3, 0.4) is 0 Å². The second kappa shape index (κ2) is 11.4. The standard InChI is InChI=1S/C28H38N4O2/c1-20-15-17-32(18-16-20)26-14-13-24(31-28(34)30-23-11-7-4-8-12-23)19-25(26)27(33)29-21(2)22-9-5-3-6-10-22/h3,5-6,9-10,13-14,19-21,23H,4,7-8,11-12,15-18H2,1-2H3,(H,29,33)(H2,30,31,34). The average Bonchev–Trinajstić information content (AvgIpc) is 2.85. The molecule has 6 nitrogen and oxygen atoms in total. The summed E-state index contributed by atoms with van der Waals surface area (Å²) in [5, 5.41) is 9.20. The summed E-state index contributed by atoms with van der Waals surface area (Å²) in [6.45, 7) is 6.15. The fraction of sp³-hybridized carbons (Fsp3) is 0.500. The molecule has 2 fully saturated rings. The van der Waals surface area contributed by atoms with Crippen molar-refractivity contribution in [3.63, 3.8) is 0 Å². The average molecular weight is 463 g/mol. The Labute approximate surface area is 203 Å². The van der Waals surface area contributed by atoms with E-state index in [-0.39, 0.29) is 24.0 Å². The van der Waals surface area contributed by atoms with Crippen LogP contribution in [0.4, 0.5) is 16.2 Å². The number of nitrogens with zero attached hydrogens (tertiary/aromatic N) is 1. The van der Waals surface area contributed by atoms with Crippen LogP contribution in [0.5, 0.6) is 0 Å². The van der Waals surface area contributed by atoms with E-state index >= 15 is 0 Å². The van der Waals surface area contributed by atoms with Crippen LogP contribution in [0.1, 0.15) is 80.8 Å². The Kier molecular flexibility index (Phi) is 8.09. The van der Waals surface area contributed by atoms with Gasteiger partial charge in [0.15, 0.2) is 0 Å². The first kappa shape index (κ1) is 24.1. The van der Waals surface area contributed by atoms with Crippen LogP contribution < -0.4 is 20.9 Å². The maximum absolute atomic E-state index is 13.4. The number of nitrogens with one attached hydrogen (secondary N) is 3. The van der Waals surface area contributed by atoms with Gasteiger partial charge in [0.05, 0.1) is 11.6 Å². The van der Waals surface area contributed by atoms with Crippen molar-refractivity contribution in [1.29, 1.82) is 0 Å². The number of piperidine rings is 1. The van der Waals surface area contributed by atoms with Crippen molar-refractivity contribution in [1.82, 2.24) is 10.6 Å². The third kappa shape index (κ3) is 6.31. The van der Waals surface area contributed by atoms with Gasteiger partial charge in [-0.1, -0.05) is 56.5 Å². The van der Waals surface area contributed by atoms with E-state index in [2.05, 4.69) is 27.8 Å². The van der Waals surface area contributed by atoms with Gasteiger partial charge in [-0.3, -0.25) is 4.79 Å². The van der Waals surface area contributed by atoms with E-state index in [0.29, 0.717) is 17.2 Å². The lowest BCUT2D eigenvalue weighted by molar-refractivity contribution is 0.0940. The second-order valence-corrected chi connectivity index (χ2v) is 9.94. The molecule has 6 heteroatoms. The molecule has 3 amide bonds. The summed E-state index contributed by atoms with van der Waals surface area (Å²) < 4.78 is 0. The molecule has 34 heavy (non-hydrogen) atoms. The summed E-state index contributed by atoms with van der Waals surface area (Å²) in [4.78, 5) is 28.4. The minimum atomic E-state index is -0.199. The highest BCUT2D eigenvalue weighted by molar-refractivity contribution is 6.02. The van der Waals surface area contributed by atoms with Gasteiger partial charge in [-0.05, 0) is 62.3 Å². The van der Waals surface area contributed by atoms with Crippen molar-refractivity contribution in [2.75, 3.05) is 23.3 Å². The number of carbonyl (C=O) groups is 2. The zero-order valence-corrected chi connectivity index (χ0v) is 20.5. The smallest absolute Gasteiger partial charge is 0.319 e. The molecule has 1 unspecified atom stereocenters. The van der Waals surface area contributed by atoms with E-state index in [4.69, 9.17) is 0 Å². The van der Waals surface area contributed by atoms with E-state index in [9.17, 15) is 9.59 Å². The van der Waals surface area contributed by atoms with Crippen LogP contribution in [0.25, 0.3) is 0 Å². The van der Waals surface area contributed by atoms with E-state index in [0.717, 1.165) is 62.9 Å². The Morgan fingerprint density at radius 2 is 1.65 bits per heavy atom. The van der Waals surface area contributed by atoms with Gasteiger partial charge in [0.25, 0.3) is 5.91 Å². The first-order chi connectivity index (χ1) is 16.5. The number of benzene rings is 2. The maximum atomic E-state index is 13.4. The third-order valence-electron chi connectivity index (χ3n) is 7.21. The first-order valence-electron chi connectivity index (χ1n) is 12.8. The molecular weight excluding hydrogens is 424 g/mol. The van der Waals surface area contributed by atoms with Crippen LogP contribution in [-0.2, 0) is 0 Å². The highest BCUT2D eigenvalue weighted by atomic mass is 16.2. The third-order valence-corrected chi connectivity index (χ3v) is 7.21. The Balaban J connectivity index is 1.51. The van der Waals surface area contributed by atoms with Crippen molar-refractivity contribution in [3.8, 4) is 0 Å². The molecule has 2 aromatic carbocycles. The SMILES string of the molecule is CC1CCN(c2ccc(NC(=O)NC3CCCCC3)cc2C(=O)NC(C)c2ccccc2)CC1. The molecular formula is C28H38N4O2. The molecule has 2 aliphatic rings. The summed E-state index contributed by atoms with van der Waals surface area (Å²) in [7, 11) is 0. The monoisotopic (exact) mass is 462 g/mol. The van der Waals surface area contributed by atoms with Crippen LogP contribution in [-0.4, -0.2) is 31.1 Å². The summed E-state index contributed by atoms with van der Waals surface area (Å²) in [5.41, 5.74) is 3.24. The van der Waals surface area contributed by atoms with E-state index in [1.54, 1.807) is 0 Å². The summed E-state index contributed by atoms with van der Waals surface area (Å²) in [6.07, 6.45) is 7.87. The van der Waals surface area contributed by atoms with Gasteiger partial charge >= 0.3 is 6.03 Å².